The van der Waals surface area contributed by atoms with Crippen LogP contribution in [-0.4, -0.2) is 48.2 Å². The van der Waals surface area contributed by atoms with E-state index in [4.69, 9.17) is 6.42 Å². The molecule has 1 saturated heterocycles. The van der Waals surface area contributed by atoms with E-state index in [0.29, 0.717) is 19.5 Å². The van der Waals surface area contributed by atoms with Crippen molar-refractivity contribution in [2.24, 2.45) is 11.3 Å². The highest BCUT2D eigenvalue weighted by molar-refractivity contribution is 5.78. The lowest BCUT2D eigenvalue weighted by Gasteiger charge is -2.31. The van der Waals surface area contributed by atoms with Crippen LogP contribution in [-0.2, 0) is 4.79 Å². The van der Waals surface area contributed by atoms with Crippen molar-refractivity contribution in [2.75, 3.05) is 26.2 Å². The maximum Gasteiger partial charge on any atom is 0.223 e. The van der Waals surface area contributed by atoms with E-state index in [-0.39, 0.29) is 23.3 Å². The zero-order valence-electron chi connectivity index (χ0n) is 13.0. The van der Waals surface area contributed by atoms with Gasteiger partial charge in [0.25, 0.3) is 0 Å². The van der Waals surface area contributed by atoms with Crippen LogP contribution in [0.1, 0.15) is 40.0 Å². The van der Waals surface area contributed by atoms with Crippen molar-refractivity contribution in [2.45, 2.75) is 46.1 Å². The topological polar surface area (TPSA) is 52.6 Å². The summed E-state index contributed by atoms with van der Waals surface area (Å²) in [6.07, 6.45) is 7.41. The van der Waals surface area contributed by atoms with E-state index in [9.17, 15) is 9.90 Å². The van der Waals surface area contributed by atoms with Crippen molar-refractivity contribution in [3.8, 4) is 12.3 Å². The van der Waals surface area contributed by atoms with Gasteiger partial charge < -0.3 is 10.4 Å². The Bertz CT molecular complexity index is 350. The van der Waals surface area contributed by atoms with E-state index in [1.54, 1.807) is 6.92 Å². The number of carbonyl (C=O) groups is 1. The minimum Gasteiger partial charge on any atom is -0.393 e. The number of aliphatic hydroxyl groups is 1. The van der Waals surface area contributed by atoms with E-state index >= 15 is 0 Å². The van der Waals surface area contributed by atoms with Gasteiger partial charge in [-0.05, 0) is 44.7 Å². The molecule has 20 heavy (non-hydrogen) atoms. The molecule has 1 fully saturated rings. The van der Waals surface area contributed by atoms with Crippen LogP contribution in [0.15, 0.2) is 0 Å². The fourth-order valence-corrected chi connectivity index (χ4v) is 2.82. The number of rotatable bonds is 6. The molecule has 1 atom stereocenters. The Morgan fingerprint density at radius 3 is 2.60 bits per heavy atom. The number of piperidine rings is 1. The predicted molar refractivity (Wildman–Crippen MR) is 81.1 cm³/mol. The quantitative estimate of drug-likeness (QED) is 0.720. The minimum atomic E-state index is -0.339. The van der Waals surface area contributed by atoms with Gasteiger partial charge in [0.15, 0.2) is 0 Å². The molecule has 114 valence electrons. The molecule has 1 aliphatic rings. The zero-order chi connectivity index (χ0) is 15.2. The Morgan fingerprint density at radius 1 is 1.50 bits per heavy atom. The summed E-state index contributed by atoms with van der Waals surface area (Å²) in [7, 11) is 0. The number of nitrogens with one attached hydrogen (secondary N) is 1. The number of hydrogen-bond donors (Lipinski definition) is 2. The summed E-state index contributed by atoms with van der Waals surface area (Å²) in [6.45, 7) is 9.01. The van der Waals surface area contributed by atoms with Gasteiger partial charge >= 0.3 is 0 Å². The molecule has 0 bridgehead atoms. The lowest BCUT2D eigenvalue weighted by Crippen LogP contribution is -2.43. The van der Waals surface area contributed by atoms with Crippen molar-refractivity contribution in [1.82, 2.24) is 10.2 Å². The van der Waals surface area contributed by atoms with Crippen molar-refractivity contribution in [3.63, 3.8) is 0 Å². The lowest BCUT2D eigenvalue weighted by molar-refractivity contribution is -0.126. The molecule has 0 aromatic rings. The molecule has 0 aliphatic carbocycles. The first-order valence-electron chi connectivity index (χ1n) is 7.45. The SMILES string of the molecule is C#CCN1CCC(C(=O)NCC(C)(C)CC(C)O)CC1. The largest absolute Gasteiger partial charge is 0.393 e. The molecule has 1 aliphatic heterocycles. The second-order valence-corrected chi connectivity index (χ2v) is 6.69. The Morgan fingerprint density at radius 2 is 2.10 bits per heavy atom. The maximum atomic E-state index is 12.2. The number of carbonyl (C=O) groups excluding carboxylic acids is 1. The first-order chi connectivity index (χ1) is 9.34. The molecule has 1 rings (SSSR count). The summed E-state index contributed by atoms with van der Waals surface area (Å²) < 4.78 is 0. The molecular formula is C16H28N2O2. The van der Waals surface area contributed by atoms with Crippen LogP contribution in [0, 0.1) is 23.7 Å². The summed E-state index contributed by atoms with van der Waals surface area (Å²) in [4.78, 5) is 14.4. The molecule has 0 spiro atoms. The standard InChI is InChI=1S/C16H28N2O2/c1-5-8-18-9-6-14(7-10-18)15(20)17-12-16(3,4)11-13(2)19/h1,13-14,19H,6-12H2,2-4H3,(H,17,20). The fourth-order valence-electron chi connectivity index (χ4n) is 2.82. The minimum absolute atomic E-state index is 0.0754. The van der Waals surface area contributed by atoms with Crippen molar-refractivity contribution >= 4 is 5.91 Å². The zero-order valence-corrected chi connectivity index (χ0v) is 13.0. The second kappa shape index (κ2) is 7.66. The van der Waals surface area contributed by atoms with Crippen molar-refractivity contribution in [1.29, 1.82) is 0 Å². The van der Waals surface area contributed by atoms with E-state index < -0.39 is 0 Å². The number of terminal acetylenes is 1. The Hall–Kier alpha value is -1.05. The molecule has 0 saturated carbocycles. The molecule has 0 aromatic heterocycles. The van der Waals surface area contributed by atoms with Crippen LogP contribution in [0.4, 0.5) is 0 Å². The molecule has 2 N–H and O–H groups in total. The third kappa shape index (κ3) is 5.94. The number of amides is 1. The summed E-state index contributed by atoms with van der Waals surface area (Å²) in [5.41, 5.74) is -0.0754. The van der Waals surface area contributed by atoms with Gasteiger partial charge in [0, 0.05) is 12.5 Å². The van der Waals surface area contributed by atoms with E-state index in [0.717, 1.165) is 25.9 Å². The number of hydrogen-bond acceptors (Lipinski definition) is 3. The molecule has 4 nitrogen and oxygen atoms in total. The van der Waals surface area contributed by atoms with Crippen LogP contribution in [0.5, 0.6) is 0 Å². The summed E-state index contributed by atoms with van der Waals surface area (Å²) in [5.74, 6) is 2.89. The maximum absolute atomic E-state index is 12.2. The molecule has 1 unspecified atom stereocenters. The van der Waals surface area contributed by atoms with E-state index in [1.165, 1.54) is 0 Å². The van der Waals surface area contributed by atoms with E-state index in [1.807, 2.05) is 0 Å². The van der Waals surface area contributed by atoms with Crippen LogP contribution in [0.25, 0.3) is 0 Å². The Kier molecular flexibility index (Phi) is 6.51. The first-order valence-corrected chi connectivity index (χ1v) is 7.45. The number of nitrogens with zero attached hydrogens (tertiary/aromatic N) is 1. The summed E-state index contributed by atoms with van der Waals surface area (Å²) in [5, 5.41) is 12.5. The number of likely N-dealkylation sites (tertiary alicyclic amines) is 1. The fraction of sp³-hybridized carbons (Fsp3) is 0.812. The van der Waals surface area contributed by atoms with Crippen molar-refractivity contribution < 1.29 is 9.90 Å². The van der Waals surface area contributed by atoms with Gasteiger partial charge in [-0.25, -0.2) is 0 Å². The Balaban J connectivity index is 2.32. The van der Waals surface area contributed by atoms with Crippen LogP contribution in [0.2, 0.25) is 0 Å². The lowest BCUT2D eigenvalue weighted by atomic mass is 9.86. The predicted octanol–water partition coefficient (Wildman–Crippen LogP) is 1.24. The van der Waals surface area contributed by atoms with Gasteiger partial charge in [-0.1, -0.05) is 19.8 Å². The summed E-state index contributed by atoms with van der Waals surface area (Å²) >= 11 is 0. The third-order valence-corrected chi connectivity index (χ3v) is 3.86. The van der Waals surface area contributed by atoms with Crippen LogP contribution in [0.3, 0.4) is 0 Å². The highest BCUT2D eigenvalue weighted by atomic mass is 16.3. The highest BCUT2D eigenvalue weighted by Crippen LogP contribution is 2.22. The van der Waals surface area contributed by atoms with Crippen LogP contribution >= 0.6 is 0 Å². The molecule has 4 heteroatoms. The van der Waals surface area contributed by atoms with Gasteiger partial charge in [-0.15, -0.1) is 6.42 Å². The molecular weight excluding hydrogens is 252 g/mol. The highest BCUT2D eigenvalue weighted by Gasteiger charge is 2.26. The van der Waals surface area contributed by atoms with Gasteiger partial charge in [0.1, 0.15) is 0 Å². The molecule has 0 radical (unpaired) electrons. The Labute approximate surface area is 122 Å². The smallest absolute Gasteiger partial charge is 0.223 e. The van der Waals surface area contributed by atoms with Gasteiger partial charge in [0.2, 0.25) is 5.91 Å². The van der Waals surface area contributed by atoms with Crippen molar-refractivity contribution in [3.05, 3.63) is 0 Å². The molecule has 1 heterocycles. The second-order valence-electron chi connectivity index (χ2n) is 6.69. The van der Waals surface area contributed by atoms with Gasteiger partial charge in [-0.3, -0.25) is 9.69 Å². The first kappa shape index (κ1) is 17.0. The molecule has 1 amide bonds. The van der Waals surface area contributed by atoms with Gasteiger partial charge in [0.05, 0.1) is 12.6 Å². The number of aliphatic hydroxyl groups excluding tert-OH is 1. The average Bonchev–Trinajstić information content (AvgIpc) is 2.36. The third-order valence-electron chi connectivity index (χ3n) is 3.86. The van der Waals surface area contributed by atoms with Crippen LogP contribution < -0.4 is 5.32 Å². The molecule has 0 aromatic carbocycles. The monoisotopic (exact) mass is 280 g/mol. The van der Waals surface area contributed by atoms with E-state index in [2.05, 4.69) is 30.0 Å². The van der Waals surface area contributed by atoms with Gasteiger partial charge in [-0.2, -0.15) is 0 Å². The normalized spacial score (nSPS) is 19.4. The summed E-state index contributed by atoms with van der Waals surface area (Å²) in [6, 6.07) is 0. The average molecular weight is 280 g/mol.